The zero-order chi connectivity index (χ0) is 16.1. The maximum Gasteiger partial charge on any atom is 0.248 e. The van der Waals surface area contributed by atoms with E-state index >= 15 is 0 Å². The molecule has 0 bridgehead atoms. The summed E-state index contributed by atoms with van der Waals surface area (Å²) in [5.74, 6) is 1.19. The van der Waals surface area contributed by atoms with Crippen molar-refractivity contribution in [2.24, 2.45) is 5.92 Å². The molecular weight excluding hydrogens is 274 g/mol. The van der Waals surface area contributed by atoms with Crippen LogP contribution in [0.3, 0.4) is 0 Å². The van der Waals surface area contributed by atoms with Crippen molar-refractivity contribution in [3.8, 4) is 11.3 Å². The highest BCUT2D eigenvalue weighted by atomic mass is 16.1. The predicted octanol–water partition coefficient (Wildman–Crippen LogP) is 4.03. The molecule has 0 aliphatic carbocycles. The lowest BCUT2D eigenvalue weighted by molar-refractivity contribution is -0.111. The van der Waals surface area contributed by atoms with Crippen molar-refractivity contribution in [3.05, 3.63) is 54.6 Å². The number of carbonyl (C=O) groups is 1. The Balaban J connectivity index is 2.23. The molecule has 1 aromatic carbocycles. The number of amides is 1. The van der Waals surface area contributed by atoms with E-state index in [2.05, 4.69) is 55.0 Å². The summed E-state index contributed by atoms with van der Waals surface area (Å²) in [5.41, 5.74) is 3.10. The molecule has 0 fully saturated rings. The third kappa shape index (κ3) is 3.79. The minimum Gasteiger partial charge on any atom is -0.306 e. The monoisotopic (exact) mass is 295 g/mol. The van der Waals surface area contributed by atoms with E-state index in [1.165, 1.54) is 11.6 Å². The summed E-state index contributed by atoms with van der Waals surface area (Å²) >= 11 is 0. The molecule has 0 saturated carbocycles. The number of benzene rings is 1. The number of anilines is 1. The highest BCUT2D eigenvalue weighted by molar-refractivity contribution is 5.98. The summed E-state index contributed by atoms with van der Waals surface area (Å²) in [6, 6.07) is 11.9. The minimum atomic E-state index is -0.296. The van der Waals surface area contributed by atoms with E-state index in [4.69, 9.17) is 0 Å². The second-order valence-electron chi connectivity index (χ2n) is 5.66. The molecule has 4 heteroatoms. The molecule has 114 valence electrons. The first-order valence-corrected chi connectivity index (χ1v) is 7.38. The van der Waals surface area contributed by atoms with Crippen LogP contribution in [-0.4, -0.2) is 16.1 Å². The van der Waals surface area contributed by atoms with Gasteiger partial charge in [-0.2, -0.15) is 0 Å². The van der Waals surface area contributed by atoms with Gasteiger partial charge in [0.15, 0.2) is 5.82 Å². The number of nitrogens with one attached hydrogen (secondary N) is 1. The Bertz CT molecular complexity index is 662. The zero-order valence-electron chi connectivity index (χ0n) is 13.2. The average Bonchev–Trinajstić information content (AvgIpc) is 2.54. The van der Waals surface area contributed by atoms with E-state index in [9.17, 15) is 4.79 Å². The van der Waals surface area contributed by atoms with Crippen LogP contribution in [0.2, 0.25) is 0 Å². The van der Waals surface area contributed by atoms with Crippen molar-refractivity contribution in [1.82, 2.24) is 10.2 Å². The zero-order valence-corrected chi connectivity index (χ0v) is 13.2. The van der Waals surface area contributed by atoms with Crippen molar-refractivity contribution in [2.45, 2.75) is 26.7 Å². The molecule has 22 heavy (non-hydrogen) atoms. The highest BCUT2D eigenvalue weighted by Gasteiger charge is 2.11. The molecule has 0 radical (unpaired) electrons. The number of hydrogen-bond donors (Lipinski definition) is 1. The van der Waals surface area contributed by atoms with E-state index in [-0.39, 0.29) is 5.91 Å². The number of hydrogen-bond acceptors (Lipinski definition) is 3. The summed E-state index contributed by atoms with van der Waals surface area (Å²) in [4.78, 5) is 11.2. The van der Waals surface area contributed by atoms with Crippen LogP contribution < -0.4 is 5.32 Å². The van der Waals surface area contributed by atoms with Crippen LogP contribution in [0.1, 0.15) is 32.3 Å². The fourth-order valence-electron chi connectivity index (χ4n) is 2.10. The number of aromatic nitrogens is 2. The van der Waals surface area contributed by atoms with Gasteiger partial charge < -0.3 is 5.32 Å². The third-order valence-corrected chi connectivity index (χ3v) is 3.81. The molecular formula is C18H21N3O. The Kier molecular flexibility index (Phi) is 5.04. The molecule has 2 aromatic rings. The second kappa shape index (κ2) is 6.98. The van der Waals surface area contributed by atoms with Gasteiger partial charge in [-0.1, -0.05) is 45.5 Å². The summed E-state index contributed by atoms with van der Waals surface area (Å²) in [6.07, 6.45) is 1.20. The molecule has 0 aliphatic rings. The fourth-order valence-corrected chi connectivity index (χ4v) is 2.10. The van der Waals surface area contributed by atoms with Crippen LogP contribution in [0.4, 0.5) is 5.82 Å². The van der Waals surface area contributed by atoms with E-state index in [1.54, 1.807) is 6.07 Å². The molecule has 1 unspecified atom stereocenters. The Morgan fingerprint density at radius 3 is 2.55 bits per heavy atom. The van der Waals surface area contributed by atoms with Crippen LogP contribution in [-0.2, 0) is 4.79 Å². The SMILES string of the molecule is C=CC(=O)Nc1ccc(-c2cccc(C(C)C(C)C)c2)nn1. The van der Waals surface area contributed by atoms with Gasteiger partial charge in [0.2, 0.25) is 5.91 Å². The average molecular weight is 295 g/mol. The van der Waals surface area contributed by atoms with Crippen LogP contribution in [0.5, 0.6) is 0 Å². The normalized spacial score (nSPS) is 12.0. The van der Waals surface area contributed by atoms with Gasteiger partial charge in [-0.05, 0) is 41.7 Å². The molecule has 1 N–H and O–H groups in total. The smallest absolute Gasteiger partial charge is 0.248 e. The van der Waals surface area contributed by atoms with Gasteiger partial charge in [0, 0.05) is 5.56 Å². The van der Waals surface area contributed by atoms with Gasteiger partial charge in [0.1, 0.15) is 0 Å². The van der Waals surface area contributed by atoms with Crippen molar-refractivity contribution >= 4 is 11.7 Å². The van der Waals surface area contributed by atoms with Crippen LogP contribution in [0, 0.1) is 5.92 Å². The number of rotatable bonds is 5. The maximum atomic E-state index is 11.2. The molecule has 2 rings (SSSR count). The molecule has 1 amide bonds. The van der Waals surface area contributed by atoms with Gasteiger partial charge in [0.05, 0.1) is 5.69 Å². The molecule has 0 spiro atoms. The van der Waals surface area contributed by atoms with E-state index in [0.29, 0.717) is 17.7 Å². The largest absolute Gasteiger partial charge is 0.306 e. The summed E-state index contributed by atoms with van der Waals surface area (Å²) in [7, 11) is 0. The Hall–Kier alpha value is -2.49. The van der Waals surface area contributed by atoms with E-state index in [1.807, 2.05) is 18.2 Å². The van der Waals surface area contributed by atoms with Gasteiger partial charge in [0.25, 0.3) is 0 Å². The summed E-state index contributed by atoms with van der Waals surface area (Å²) < 4.78 is 0. The Morgan fingerprint density at radius 1 is 1.18 bits per heavy atom. The first-order valence-electron chi connectivity index (χ1n) is 7.38. The van der Waals surface area contributed by atoms with Crippen LogP contribution in [0.15, 0.2) is 49.1 Å². The minimum absolute atomic E-state index is 0.296. The molecule has 1 atom stereocenters. The van der Waals surface area contributed by atoms with E-state index in [0.717, 1.165) is 11.3 Å². The van der Waals surface area contributed by atoms with Gasteiger partial charge in [-0.3, -0.25) is 4.79 Å². The standard InChI is InChI=1S/C18H21N3O/c1-5-18(22)19-17-10-9-16(20-21-17)15-8-6-7-14(11-15)13(4)12(2)3/h5-13H,1H2,2-4H3,(H,19,21,22). The first-order chi connectivity index (χ1) is 10.5. The molecule has 0 saturated heterocycles. The quantitative estimate of drug-likeness (QED) is 0.847. The molecule has 0 aliphatic heterocycles. The van der Waals surface area contributed by atoms with Gasteiger partial charge in [-0.25, -0.2) is 0 Å². The Labute approximate surface area is 131 Å². The molecule has 1 aromatic heterocycles. The fraction of sp³-hybridized carbons (Fsp3) is 0.278. The number of nitrogens with zero attached hydrogens (tertiary/aromatic N) is 2. The van der Waals surface area contributed by atoms with Crippen LogP contribution in [0.25, 0.3) is 11.3 Å². The lowest BCUT2D eigenvalue weighted by atomic mass is 9.89. The van der Waals surface area contributed by atoms with Crippen molar-refractivity contribution in [3.63, 3.8) is 0 Å². The second-order valence-corrected chi connectivity index (χ2v) is 5.66. The first kappa shape index (κ1) is 15.9. The molecule has 4 nitrogen and oxygen atoms in total. The van der Waals surface area contributed by atoms with Crippen molar-refractivity contribution < 1.29 is 4.79 Å². The Morgan fingerprint density at radius 2 is 1.95 bits per heavy atom. The third-order valence-electron chi connectivity index (χ3n) is 3.81. The van der Waals surface area contributed by atoms with E-state index < -0.39 is 0 Å². The highest BCUT2D eigenvalue weighted by Crippen LogP contribution is 2.27. The maximum absolute atomic E-state index is 11.2. The lowest BCUT2D eigenvalue weighted by Crippen LogP contribution is -2.09. The summed E-state index contributed by atoms with van der Waals surface area (Å²) in [5, 5.41) is 10.8. The lowest BCUT2D eigenvalue weighted by Gasteiger charge is -2.16. The van der Waals surface area contributed by atoms with Gasteiger partial charge in [-0.15, -0.1) is 10.2 Å². The van der Waals surface area contributed by atoms with Crippen molar-refractivity contribution in [2.75, 3.05) is 5.32 Å². The predicted molar refractivity (Wildman–Crippen MR) is 89.5 cm³/mol. The topological polar surface area (TPSA) is 54.9 Å². The number of carbonyl (C=O) groups excluding carboxylic acids is 1. The van der Waals surface area contributed by atoms with Gasteiger partial charge >= 0.3 is 0 Å². The van der Waals surface area contributed by atoms with Crippen molar-refractivity contribution in [1.29, 1.82) is 0 Å². The van der Waals surface area contributed by atoms with Crippen LogP contribution >= 0.6 is 0 Å². The molecule has 1 heterocycles. The summed E-state index contributed by atoms with van der Waals surface area (Å²) in [6.45, 7) is 10.1.